The molecule has 0 aliphatic carbocycles. The van der Waals surface area contributed by atoms with Gasteiger partial charge in [-0.15, -0.1) is 0 Å². The van der Waals surface area contributed by atoms with Crippen molar-refractivity contribution in [2.45, 2.75) is 45.9 Å². The zero-order valence-corrected chi connectivity index (χ0v) is 13.7. The van der Waals surface area contributed by atoms with Crippen LogP contribution >= 0.6 is 0 Å². The van der Waals surface area contributed by atoms with Gasteiger partial charge < -0.3 is 4.42 Å². The van der Waals surface area contributed by atoms with E-state index in [1.165, 1.54) is 22.3 Å². The molecule has 2 aromatic rings. The topological polar surface area (TPSA) is 32.5 Å². The molecule has 4 heteroatoms. The minimum absolute atomic E-state index is 0.553. The maximum Gasteiger partial charge on any atom is 0.0947 e. The minimum atomic E-state index is 0.553. The summed E-state index contributed by atoms with van der Waals surface area (Å²) in [6.07, 6.45) is 8.77. The lowest BCUT2D eigenvalue weighted by Gasteiger charge is -2.30. The van der Waals surface area contributed by atoms with Crippen LogP contribution in [0.2, 0.25) is 0 Å². The van der Waals surface area contributed by atoms with Crippen LogP contribution in [0.4, 0.5) is 0 Å². The maximum atomic E-state index is 5.17. The van der Waals surface area contributed by atoms with Gasteiger partial charge in [-0.1, -0.05) is 0 Å². The van der Waals surface area contributed by atoms with Crippen LogP contribution in [-0.4, -0.2) is 34.4 Å². The van der Waals surface area contributed by atoms with E-state index < -0.39 is 0 Å². The molecule has 0 saturated carbocycles. The third-order valence-electron chi connectivity index (χ3n) is 4.60. The van der Waals surface area contributed by atoms with Crippen molar-refractivity contribution in [3.05, 3.63) is 53.2 Å². The first-order valence-corrected chi connectivity index (χ1v) is 8.02. The van der Waals surface area contributed by atoms with Crippen molar-refractivity contribution >= 4 is 0 Å². The molecule has 0 fully saturated rings. The highest BCUT2D eigenvalue weighted by molar-refractivity contribution is 5.34. The average Bonchev–Trinajstić information content (AvgIpc) is 3.00. The van der Waals surface area contributed by atoms with Crippen LogP contribution in [0.15, 0.2) is 35.4 Å². The standard InChI is InChI=1S/C18H25N3O/c1-14(2)20(3)11-16-8-19-9-17-12-21(6-4-18(16)17)10-15-5-7-22-13-15/h5,7-9,13-14H,4,6,10-12H2,1-3H3. The molecule has 1 aliphatic rings. The predicted octanol–water partition coefficient (Wildman–Crippen LogP) is 3.07. The van der Waals surface area contributed by atoms with Crippen LogP contribution in [0.5, 0.6) is 0 Å². The van der Waals surface area contributed by atoms with E-state index >= 15 is 0 Å². The summed E-state index contributed by atoms with van der Waals surface area (Å²) in [5.41, 5.74) is 5.51. The summed E-state index contributed by atoms with van der Waals surface area (Å²) in [5.74, 6) is 0. The van der Waals surface area contributed by atoms with Crippen LogP contribution in [0, 0.1) is 0 Å². The summed E-state index contributed by atoms with van der Waals surface area (Å²) in [4.78, 5) is 9.30. The Morgan fingerprint density at radius 3 is 2.95 bits per heavy atom. The molecule has 3 rings (SSSR count). The Hall–Kier alpha value is -1.65. The van der Waals surface area contributed by atoms with Crippen molar-refractivity contribution in [1.82, 2.24) is 14.8 Å². The first-order valence-electron chi connectivity index (χ1n) is 8.02. The largest absolute Gasteiger partial charge is 0.472 e. The van der Waals surface area contributed by atoms with E-state index in [2.05, 4.69) is 35.7 Å². The van der Waals surface area contributed by atoms with E-state index in [4.69, 9.17) is 4.42 Å². The van der Waals surface area contributed by atoms with Crippen molar-refractivity contribution in [3.63, 3.8) is 0 Å². The summed E-state index contributed by atoms with van der Waals surface area (Å²) < 4.78 is 5.17. The van der Waals surface area contributed by atoms with Gasteiger partial charge in [-0.25, -0.2) is 0 Å². The van der Waals surface area contributed by atoms with Gasteiger partial charge in [0.15, 0.2) is 0 Å². The fourth-order valence-corrected chi connectivity index (χ4v) is 2.99. The van der Waals surface area contributed by atoms with Crippen LogP contribution < -0.4 is 0 Å². The van der Waals surface area contributed by atoms with Gasteiger partial charge in [0.05, 0.1) is 12.5 Å². The van der Waals surface area contributed by atoms with Crippen LogP contribution in [-0.2, 0) is 26.1 Å². The molecule has 3 heterocycles. The molecule has 0 radical (unpaired) electrons. The molecule has 0 spiro atoms. The molecule has 22 heavy (non-hydrogen) atoms. The summed E-state index contributed by atoms with van der Waals surface area (Å²) in [5, 5.41) is 0. The molecule has 0 aromatic carbocycles. The summed E-state index contributed by atoms with van der Waals surface area (Å²) >= 11 is 0. The maximum absolute atomic E-state index is 5.17. The van der Waals surface area contributed by atoms with E-state index in [0.29, 0.717) is 6.04 Å². The first-order chi connectivity index (χ1) is 10.6. The Balaban J connectivity index is 1.72. The molecule has 0 saturated heterocycles. The van der Waals surface area contributed by atoms with E-state index in [1.54, 1.807) is 6.26 Å². The second kappa shape index (κ2) is 6.63. The van der Waals surface area contributed by atoms with Crippen molar-refractivity contribution in [1.29, 1.82) is 0 Å². The minimum Gasteiger partial charge on any atom is -0.472 e. The highest BCUT2D eigenvalue weighted by atomic mass is 16.3. The Kier molecular flexibility index (Phi) is 4.60. The number of hydrogen-bond donors (Lipinski definition) is 0. The van der Waals surface area contributed by atoms with E-state index in [1.807, 2.05) is 24.7 Å². The molecule has 1 aliphatic heterocycles. The normalized spacial score (nSPS) is 15.5. The van der Waals surface area contributed by atoms with Gasteiger partial charge in [0, 0.05) is 50.2 Å². The summed E-state index contributed by atoms with van der Waals surface area (Å²) in [7, 11) is 2.18. The molecular weight excluding hydrogens is 274 g/mol. The van der Waals surface area contributed by atoms with Crippen LogP contribution in [0.3, 0.4) is 0 Å². The molecule has 0 unspecified atom stereocenters. The van der Waals surface area contributed by atoms with Gasteiger partial charge in [0.2, 0.25) is 0 Å². The van der Waals surface area contributed by atoms with Crippen molar-refractivity contribution in [2.75, 3.05) is 13.6 Å². The number of pyridine rings is 1. The fraction of sp³-hybridized carbons (Fsp3) is 0.500. The van der Waals surface area contributed by atoms with Crippen LogP contribution in [0.1, 0.15) is 36.1 Å². The number of hydrogen-bond acceptors (Lipinski definition) is 4. The Labute approximate surface area is 132 Å². The molecular formula is C18H25N3O. The highest BCUT2D eigenvalue weighted by Gasteiger charge is 2.20. The van der Waals surface area contributed by atoms with Gasteiger partial charge in [0.25, 0.3) is 0 Å². The first kappa shape index (κ1) is 15.3. The van der Waals surface area contributed by atoms with Gasteiger partial charge >= 0.3 is 0 Å². The molecule has 0 atom stereocenters. The lowest BCUT2D eigenvalue weighted by Crippen LogP contribution is -2.32. The Morgan fingerprint density at radius 1 is 1.36 bits per heavy atom. The number of aromatic nitrogens is 1. The lowest BCUT2D eigenvalue weighted by atomic mass is 9.96. The van der Waals surface area contributed by atoms with Crippen molar-refractivity contribution in [3.8, 4) is 0 Å². The fourth-order valence-electron chi connectivity index (χ4n) is 2.99. The smallest absolute Gasteiger partial charge is 0.0947 e. The third-order valence-corrected chi connectivity index (χ3v) is 4.60. The molecule has 2 aromatic heterocycles. The SMILES string of the molecule is CC(C)N(C)Cc1cncc2c1CCN(Cc1ccoc1)C2. The predicted molar refractivity (Wildman–Crippen MR) is 87.4 cm³/mol. The van der Waals surface area contributed by atoms with E-state index in [9.17, 15) is 0 Å². The van der Waals surface area contributed by atoms with Crippen molar-refractivity contribution in [2.24, 2.45) is 0 Å². The van der Waals surface area contributed by atoms with Crippen LogP contribution in [0.25, 0.3) is 0 Å². The number of furan rings is 1. The summed E-state index contributed by atoms with van der Waals surface area (Å²) in [6.45, 7) is 8.47. The Bertz CT molecular complexity index is 607. The number of nitrogens with zero attached hydrogens (tertiary/aromatic N) is 3. The average molecular weight is 299 g/mol. The quantitative estimate of drug-likeness (QED) is 0.849. The highest BCUT2D eigenvalue weighted by Crippen LogP contribution is 2.24. The van der Waals surface area contributed by atoms with Gasteiger partial charge in [-0.2, -0.15) is 0 Å². The summed E-state index contributed by atoms with van der Waals surface area (Å²) in [6, 6.07) is 2.60. The number of fused-ring (bicyclic) bond motifs is 1. The molecule has 4 nitrogen and oxygen atoms in total. The Morgan fingerprint density at radius 2 is 2.23 bits per heavy atom. The van der Waals surface area contributed by atoms with E-state index in [-0.39, 0.29) is 0 Å². The molecule has 118 valence electrons. The molecule has 0 bridgehead atoms. The third kappa shape index (κ3) is 3.39. The molecule has 0 amide bonds. The zero-order chi connectivity index (χ0) is 15.5. The monoisotopic (exact) mass is 299 g/mol. The second-order valence-electron chi connectivity index (χ2n) is 6.54. The van der Waals surface area contributed by atoms with Gasteiger partial charge in [0.1, 0.15) is 0 Å². The number of rotatable bonds is 5. The second-order valence-corrected chi connectivity index (χ2v) is 6.54. The molecule has 0 N–H and O–H groups in total. The van der Waals surface area contributed by atoms with E-state index in [0.717, 1.165) is 32.6 Å². The zero-order valence-electron chi connectivity index (χ0n) is 13.7. The van der Waals surface area contributed by atoms with Crippen molar-refractivity contribution < 1.29 is 4.42 Å². The van der Waals surface area contributed by atoms with Gasteiger partial charge in [-0.05, 0) is 50.1 Å². The lowest BCUT2D eigenvalue weighted by molar-refractivity contribution is 0.239. The van der Waals surface area contributed by atoms with Gasteiger partial charge in [-0.3, -0.25) is 14.8 Å².